The van der Waals surface area contributed by atoms with E-state index in [9.17, 15) is 4.79 Å². The van der Waals surface area contributed by atoms with Crippen molar-refractivity contribution in [1.82, 2.24) is 0 Å². The summed E-state index contributed by atoms with van der Waals surface area (Å²) >= 11 is 8.98. The molecule has 0 aliphatic carbocycles. The van der Waals surface area contributed by atoms with Crippen LogP contribution in [0.4, 0.5) is 0 Å². The van der Waals surface area contributed by atoms with Gasteiger partial charge in [0.2, 0.25) is 0 Å². The van der Waals surface area contributed by atoms with E-state index in [1.165, 1.54) is 6.07 Å². The molecule has 0 radical (unpaired) electrons. The van der Waals surface area contributed by atoms with Crippen LogP contribution in [0.1, 0.15) is 10.4 Å². The summed E-state index contributed by atoms with van der Waals surface area (Å²) < 4.78 is 6.20. The van der Waals surface area contributed by atoms with Crippen molar-refractivity contribution in [3.63, 3.8) is 0 Å². The molecule has 0 aliphatic rings. The second kappa shape index (κ2) is 5.42. The highest BCUT2D eigenvalue weighted by Gasteiger charge is 2.12. The van der Waals surface area contributed by atoms with Crippen molar-refractivity contribution in [3.8, 4) is 11.5 Å². The molecule has 2 aromatic rings. The molecule has 0 saturated heterocycles. The van der Waals surface area contributed by atoms with Crippen LogP contribution in [-0.4, -0.2) is 11.1 Å². The van der Waals surface area contributed by atoms with E-state index in [1.54, 1.807) is 36.4 Å². The van der Waals surface area contributed by atoms with E-state index < -0.39 is 5.97 Å². The van der Waals surface area contributed by atoms with E-state index in [4.69, 9.17) is 21.4 Å². The van der Waals surface area contributed by atoms with Crippen molar-refractivity contribution in [3.05, 3.63) is 57.5 Å². The minimum absolute atomic E-state index is 0.0966. The Morgan fingerprint density at radius 2 is 1.83 bits per heavy atom. The summed E-state index contributed by atoms with van der Waals surface area (Å²) in [6, 6.07) is 11.5. The summed E-state index contributed by atoms with van der Waals surface area (Å²) in [5.41, 5.74) is 0.0966. The molecule has 92 valence electrons. The first kappa shape index (κ1) is 12.9. The zero-order valence-corrected chi connectivity index (χ0v) is 11.4. The van der Waals surface area contributed by atoms with Crippen LogP contribution in [0.5, 0.6) is 11.5 Å². The molecular formula is C13H8BrClO3. The molecule has 0 saturated carbocycles. The topological polar surface area (TPSA) is 46.5 Å². The van der Waals surface area contributed by atoms with Gasteiger partial charge < -0.3 is 9.84 Å². The van der Waals surface area contributed by atoms with Gasteiger partial charge in [-0.15, -0.1) is 0 Å². The second-order valence-corrected chi connectivity index (χ2v) is 4.85. The highest BCUT2D eigenvalue weighted by atomic mass is 79.9. The van der Waals surface area contributed by atoms with Crippen molar-refractivity contribution in [2.24, 2.45) is 0 Å². The number of carboxylic acids is 1. The maximum absolute atomic E-state index is 11.1. The van der Waals surface area contributed by atoms with Crippen LogP contribution in [0.25, 0.3) is 0 Å². The normalized spacial score (nSPS) is 10.1. The Labute approximate surface area is 117 Å². The van der Waals surface area contributed by atoms with Crippen molar-refractivity contribution in [1.29, 1.82) is 0 Å². The van der Waals surface area contributed by atoms with Crippen molar-refractivity contribution >= 4 is 33.5 Å². The maximum Gasteiger partial charge on any atom is 0.339 e. The van der Waals surface area contributed by atoms with Crippen molar-refractivity contribution < 1.29 is 14.6 Å². The van der Waals surface area contributed by atoms with Gasteiger partial charge in [0.15, 0.2) is 0 Å². The zero-order valence-electron chi connectivity index (χ0n) is 9.06. The Bertz CT molecular complexity index is 581. The minimum atomic E-state index is -1.04. The van der Waals surface area contributed by atoms with Gasteiger partial charge in [-0.1, -0.05) is 27.5 Å². The maximum atomic E-state index is 11.1. The molecule has 0 spiro atoms. The lowest BCUT2D eigenvalue weighted by Gasteiger charge is -2.09. The average molecular weight is 328 g/mol. The standard InChI is InChI=1S/C13H8BrClO3/c14-8-1-6-12(11(7-8)13(16)17)18-10-4-2-9(15)3-5-10/h1-7H,(H,16,17). The van der Waals surface area contributed by atoms with Gasteiger partial charge in [0.05, 0.1) is 0 Å². The van der Waals surface area contributed by atoms with Crippen LogP contribution in [0, 0.1) is 0 Å². The Morgan fingerprint density at radius 3 is 2.44 bits per heavy atom. The summed E-state index contributed by atoms with van der Waals surface area (Å²) in [4.78, 5) is 11.1. The van der Waals surface area contributed by atoms with Crippen LogP contribution in [0.2, 0.25) is 5.02 Å². The molecule has 0 unspecified atom stereocenters. The Hall–Kier alpha value is -1.52. The van der Waals surface area contributed by atoms with Gasteiger partial charge in [-0.25, -0.2) is 4.79 Å². The third-order valence-electron chi connectivity index (χ3n) is 2.21. The molecule has 0 bridgehead atoms. The van der Waals surface area contributed by atoms with Crippen LogP contribution in [0.15, 0.2) is 46.9 Å². The van der Waals surface area contributed by atoms with E-state index >= 15 is 0 Å². The van der Waals surface area contributed by atoms with E-state index in [0.717, 1.165) is 0 Å². The van der Waals surface area contributed by atoms with E-state index in [0.29, 0.717) is 15.2 Å². The summed E-state index contributed by atoms with van der Waals surface area (Å²) in [5, 5.41) is 9.68. The first-order valence-electron chi connectivity index (χ1n) is 5.02. The van der Waals surface area contributed by atoms with E-state index in [2.05, 4.69) is 15.9 Å². The lowest BCUT2D eigenvalue weighted by Crippen LogP contribution is -1.99. The molecule has 0 aromatic heterocycles. The van der Waals surface area contributed by atoms with Gasteiger partial charge in [0, 0.05) is 9.50 Å². The van der Waals surface area contributed by atoms with Gasteiger partial charge in [0.25, 0.3) is 0 Å². The fourth-order valence-corrected chi connectivity index (χ4v) is 1.88. The number of rotatable bonds is 3. The predicted octanol–water partition coefficient (Wildman–Crippen LogP) is 4.59. The molecule has 5 heteroatoms. The van der Waals surface area contributed by atoms with Gasteiger partial charge in [-0.3, -0.25) is 0 Å². The fraction of sp³-hybridized carbons (Fsp3) is 0. The first-order valence-corrected chi connectivity index (χ1v) is 6.19. The molecule has 3 nitrogen and oxygen atoms in total. The van der Waals surface area contributed by atoms with Gasteiger partial charge in [-0.05, 0) is 42.5 Å². The quantitative estimate of drug-likeness (QED) is 0.896. The third kappa shape index (κ3) is 3.03. The number of aromatic carboxylic acids is 1. The van der Waals surface area contributed by atoms with Crippen LogP contribution < -0.4 is 4.74 Å². The Kier molecular flexibility index (Phi) is 3.89. The van der Waals surface area contributed by atoms with Crippen LogP contribution in [0.3, 0.4) is 0 Å². The van der Waals surface area contributed by atoms with Gasteiger partial charge in [-0.2, -0.15) is 0 Å². The van der Waals surface area contributed by atoms with Crippen molar-refractivity contribution in [2.75, 3.05) is 0 Å². The lowest BCUT2D eigenvalue weighted by atomic mass is 10.2. The number of halogens is 2. The Balaban J connectivity index is 2.34. The molecule has 2 rings (SSSR count). The predicted molar refractivity (Wildman–Crippen MR) is 72.6 cm³/mol. The molecule has 2 aromatic carbocycles. The highest BCUT2D eigenvalue weighted by molar-refractivity contribution is 9.10. The van der Waals surface area contributed by atoms with Crippen LogP contribution >= 0.6 is 27.5 Å². The molecular weight excluding hydrogens is 319 g/mol. The molecule has 0 atom stereocenters. The number of hydrogen-bond acceptors (Lipinski definition) is 2. The fourth-order valence-electron chi connectivity index (χ4n) is 1.39. The summed E-state index contributed by atoms with van der Waals surface area (Å²) in [6.45, 7) is 0. The monoisotopic (exact) mass is 326 g/mol. The zero-order chi connectivity index (χ0) is 13.1. The van der Waals surface area contributed by atoms with E-state index in [-0.39, 0.29) is 11.3 Å². The number of benzene rings is 2. The Morgan fingerprint density at radius 1 is 1.17 bits per heavy atom. The number of carboxylic acid groups (broad SMARTS) is 1. The molecule has 1 N–H and O–H groups in total. The number of carbonyl (C=O) groups is 1. The van der Waals surface area contributed by atoms with E-state index in [1.807, 2.05) is 0 Å². The number of hydrogen-bond donors (Lipinski definition) is 1. The molecule has 0 amide bonds. The summed E-state index contributed by atoms with van der Waals surface area (Å²) in [6.07, 6.45) is 0. The first-order chi connectivity index (χ1) is 8.56. The minimum Gasteiger partial charge on any atom is -0.478 e. The second-order valence-electron chi connectivity index (χ2n) is 3.50. The molecule has 18 heavy (non-hydrogen) atoms. The highest BCUT2D eigenvalue weighted by Crippen LogP contribution is 2.28. The molecule has 0 aliphatic heterocycles. The van der Waals surface area contributed by atoms with Crippen LogP contribution in [-0.2, 0) is 0 Å². The smallest absolute Gasteiger partial charge is 0.339 e. The lowest BCUT2D eigenvalue weighted by molar-refractivity contribution is 0.0694. The van der Waals surface area contributed by atoms with Crippen molar-refractivity contribution in [2.45, 2.75) is 0 Å². The van der Waals surface area contributed by atoms with Gasteiger partial charge >= 0.3 is 5.97 Å². The summed E-state index contributed by atoms with van der Waals surface area (Å²) in [5.74, 6) is -0.225. The SMILES string of the molecule is O=C(O)c1cc(Br)ccc1Oc1ccc(Cl)cc1. The summed E-state index contributed by atoms with van der Waals surface area (Å²) in [7, 11) is 0. The molecule has 0 fully saturated rings. The van der Waals surface area contributed by atoms with Gasteiger partial charge in [0.1, 0.15) is 17.1 Å². The number of ether oxygens (including phenoxy) is 1. The average Bonchev–Trinajstić information content (AvgIpc) is 2.34. The molecule has 0 heterocycles. The third-order valence-corrected chi connectivity index (χ3v) is 2.96. The largest absolute Gasteiger partial charge is 0.478 e.